The summed E-state index contributed by atoms with van der Waals surface area (Å²) < 4.78 is 5.65. The van der Waals surface area contributed by atoms with E-state index in [1.165, 1.54) is 13.2 Å². The number of rotatable bonds is 3. The van der Waals surface area contributed by atoms with E-state index in [1.54, 1.807) is 6.07 Å². The summed E-state index contributed by atoms with van der Waals surface area (Å²) in [4.78, 5) is 0. The Morgan fingerprint density at radius 2 is 2.29 bits per heavy atom. The van der Waals surface area contributed by atoms with Crippen LogP contribution in [0.5, 0.6) is 11.5 Å². The maximum atomic E-state index is 9.41. The fourth-order valence-corrected chi connectivity index (χ4v) is 1.56. The number of hydrogen-bond donors (Lipinski definition) is 3. The van der Waals surface area contributed by atoms with E-state index >= 15 is 0 Å². The summed E-state index contributed by atoms with van der Waals surface area (Å²) in [7, 11) is 1.47. The SMILES string of the molecule is COc1cc(CC(=N)N)c(Br)cc1O. The molecule has 0 aromatic heterocycles. The van der Waals surface area contributed by atoms with Gasteiger partial charge in [-0.1, -0.05) is 15.9 Å². The van der Waals surface area contributed by atoms with Crippen LogP contribution in [0.2, 0.25) is 0 Å². The normalized spacial score (nSPS) is 9.86. The molecule has 0 bridgehead atoms. The van der Waals surface area contributed by atoms with Gasteiger partial charge in [0.05, 0.1) is 12.9 Å². The average Bonchev–Trinajstić information content (AvgIpc) is 2.09. The van der Waals surface area contributed by atoms with Crippen LogP contribution in [0.4, 0.5) is 0 Å². The Labute approximate surface area is 90.3 Å². The molecule has 4 N–H and O–H groups in total. The van der Waals surface area contributed by atoms with E-state index < -0.39 is 0 Å². The second-order valence-electron chi connectivity index (χ2n) is 2.82. The van der Waals surface area contributed by atoms with Crippen LogP contribution >= 0.6 is 15.9 Å². The topological polar surface area (TPSA) is 79.3 Å². The van der Waals surface area contributed by atoms with Gasteiger partial charge in [-0.25, -0.2) is 0 Å². The van der Waals surface area contributed by atoms with Crippen LogP contribution in [0, 0.1) is 5.41 Å². The van der Waals surface area contributed by atoms with Gasteiger partial charge in [-0.05, 0) is 17.7 Å². The van der Waals surface area contributed by atoms with Gasteiger partial charge in [-0.3, -0.25) is 5.41 Å². The van der Waals surface area contributed by atoms with Crippen molar-refractivity contribution in [2.75, 3.05) is 7.11 Å². The molecule has 0 aliphatic rings. The number of phenolic OH excluding ortho intramolecular Hbond substituents is 1. The number of phenols is 1. The number of amidine groups is 1. The molecule has 0 unspecified atom stereocenters. The molecule has 1 aromatic carbocycles. The zero-order valence-corrected chi connectivity index (χ0v) is 9.26. The summed E-state index contributed by atoms with van der Waals surface area (Å²) >= 11 is 3.27. The predicted molar refractivity (Wildman–Crippen MR) is 58.0 cm³/mol. The van der Waals surface area contributed by atoms with Crippen LogP contribution in [0.3, 0.4) is 0 Å². The molecule has 0 saturated carbocycles. The van der Waals surface area contributed by atoms with Crippen LogP contribution < -0.4 is 10.5 Å². The summed E-state index contributed by atoms with van der Waals surface area (Å²) in [6.07, 6.45) is 0.331. The molecular formula is C9H11BrN2O2. The Hall–Kier alpha value is -1.23. The zero-order chi connectivity index (χ0) is 10.7. The maximum Gasteiger partial charge on any atom is 0.160 e. The van der Waals surface area contributed by atoms with E-state index in [4.69, 9.17) is 15.9 Å². The Kier molecular flexibility index (Phi) is 3.35. The van der Waals surface area contributed by atoms with Crippen LogP contribution in [0.25, 0.3) is 0 Å². The number of methoxy groups -OCH3 is 1. The highest BCUT2D eigenvalue weighted by Crippen LogP contribution is 2.32. The Balaban J connectivity index is 3.10. The first kappa shape index (κ1) is 10.8. The van der Waals surface area contributed by atoms with Gasteiger partial charge in [0.1, 0.15) is 0 Å². The van der Waals surface area contributed by atoms with Crippen LogP contribution in [-0.4, -0.2) is 18.1 Å². The van der Waals surface area contributed by atoms with Crippen molar-refractivity contribution in [3.05, 3.63) is 22.2 Å². The van der Waals surface area contributed by atoms with E-state index in [0.29, 0.717) is 16.6 Å². The van der Waals surface area contributed by atoms with Crippen LogP contribution in [0.15, 0.2) is 16.6 Å². The smallest absolute Gasteiger partial charge is 0.160 e. The first-order valence-corrected chi connectivity index (χ1v) is 4.72. The van der Waals surface area contributed by atoms with Gasteiger partial charge in [0.25, 0.3) is 0 Å². The molecular weight excluding hydrogens is 248 g/mol. The lowest BCUT2D eigenvalue weighted by atomic mass is 10.1. The minimum atomic E-state index is 0.0617. The lowest BCUT2D eigenvalue weighted by molar-refractivity contribution is 0.373. The maximum absolute atomic E-state index is 9.41. The monoisotopic (exact) mass is 258 g/mol. The van der Waals surface area contributed by atoms with Gasteiger partial charge in [-0.2, -0.15) is 0 Å². The predicted octanol–water partition coefficient (Wildman–Crippen LogP) is 1.64. The third-order valence-corrected chi connectivity index (χ3v) is 2.47. The van der Waals surface area contributed by atoms with E-state index in [2.05, 4.69) is 15.9 Å². The minimum Gasteiger partial charge on any atom is -0.504 e. The number of halogens is 1. The molecule has 0 amide bonds. The second-order valence-corrected chi connectivity index (χ2v) is 3.67. The van der Waals surface area contributed by atoms with Crippen molar-refractivity contribution in [3.8, 4) is 11.5 Å². The Morgan fingerprint density at radius 1 is 1.64 bits per heavy atom. The fraction of sp³-hybridized carbons (Fsp3) is 0.222. The van der Waals surface area contributed by atoms with Gasteiger partial charge in [0.15, 0.2) is 11.5 Å². The highest BCUT2D eigenvalue weighted by Gasteiger charge is 2.08. The fourth-order valence-electron chi connectivity index (χ4n) is 1.09. The molecule has 4 nitrogen and oxygen atoms in total. The highest BCUT2D eigenvalue weighted by molar-refractivity contribution is 9.10. The van der Waals surface area contributed by atoms with Crippen molar-refractivity contribution >= 4 is 21.8 Å². The summed E-state index contributed by atoms with van der Waals surface area (Å²) in [5.74, 6) is 0.509. The second kappa shape index (κ2) is 4.32. The van der Waals surface area contributed by atoms with Crippen molar-refractivity contribution in [2.24, 2.45) is 5.73 Å². The van der Waals surface area contributed by atoms with Crippen molar-refractivity contribution in [1.29, 1.82) is 5.41 Å². The van der Waals surface area contributed by atoms with E-state index in [1.807, 2.05) is 0 Å². The van der Waals surface area contributed by atoms with Gasteiger partial charge in [0, 0.05) is 10.9 Å². The molecule has 0 atom stereocenters. The Morgan fingerprint density at radius 3 is 2.79 bits per heavy atom. The van der Waals surface area contributed by atoms with Gasteiger partial charge in [-0.15, -0.1) is 0 Å². The number of hydrogen-bond acceptors (Lipinski definition) is 3. The molecule has 0 radical (unpaired) electrons. The van der Waals surface area contributed by atoms with Crippen LogP contribution in [-0.2, 0) is 6.42 Å². The molecule has 1 rings (SSSR count). The summed E-state index contributed by atoms with van der Waals surface area (Å²) in [6, 6.07) is 3.18. The van der Waals surface area contributed by atoms with Gasteiger partial charge < -0.3 is 15.6 Å². The molecule has 1 aromatic rings. The summed E-state index contributed by atoms with van der Waals surface area (Å²) in [5, 5.41) is 16.6. The van der Waals surface area contributed by atoms with Crippen molar-refractivity contribution in [3.63, 3.8) is 0 Å². The standard InChI is InChI=1S/C9H11BrN2O2/c1-14-8-2-5(3-9(11)12)6(10)4-7(8)13/h2,4,13H,3H2,1H3,(H3,11,12). The van der Waals surface area contributed by atoms with E-state index in [0.717, 1.165) is 5.56 Å². The minimum absolute atomic E-state index is 0.0617. The zero-order valence-electron chi connectivity index (χ0n) is 7.67. The third kappa shape index (κ3) is 2.38. The third-order valence-electron chi connectivity index (χ3n) is 1.73. The van der Waals surface area contributed by atoms with Crippen LogP contribution in [0.1, 0.15) is 5.56 Å². The van der Waals surface area contributed by atoms with Gasteiger partial charge in [0.2, 0.25) is 0 Å². The molecule has 0 fully saturated rings. The van der Waals surface area contributed by atoms with Crippen molar-refractivity contribution < 1.29 is 9.84 Å². The molecule has 0 spiro atoms. The molecule has 5 heteroatoms. The van der Waals surface area contributed by atoms with Crippen molar-refractivity contribution in [1.82, 2.24) is 0 Å². The molecule has 76 valence electrons. The molecule has 0 saturated heterocycles. The molecule has 0 aliphatic heterocycles. The molecule has 14 heavy (non-hydrogen) atoms. The number of nitrogens with one attached hydrogen (secondary N) is 1. The number of benzene rings is 1. The van der Waals surface area contributed by atoms with E-state index in [9.17, 15) is 5.11 Å². The number of aromatic hydroxyl groups is 1. The quantitative estimate of drug-likeness (QED) is 0.570. The van der Waals surface area contributed by atoms with E-state index in [-0.39, 0.29) is 11.6 Å². The first-order chi connectivity index (χ1) is 6.54. The largest absolute Gasteiger partial charge is 0.504 e. The molecule has 0 heterocycles. The lowest BCUT2D eigenvalue weighted by Crippen LogP contribution is -2.13. The van der Waals surface area contributed by atoms with Crippen molar-refractivity contribution in [2.45, 2.75) is 6.42 Å². The number of nitrogens with two attached hydrogens (primary N) is 1. The Bertz CT molecular complexity index is 366. The summed E-state index contributed by atoms with van der Waals surface area (Å²) in [6.45, 7) is 0. The average molecular weight is 259 g/mol. The first-order valence-electron chi connectivity index (χ1n) is 3.93. The van der Waals surface area contributed by atoms with Gasteiger partial charge >= 0.3 is 0 Å². The molecule has 0 aliphatic carbocycles. The lowest BCUT2D eigenvalue weighted by Gasteiger charge is -2.08. The summed E-state index contributed by atoms with van der Waals surface area (Å²) in [5.41, 5.74) is 6.09. The highest BCUT2D eigenvalue weighted by atomic mass is 79.9. The number of ether oxygens (including phenoxy) is 1.